The molecule has 86 valence electrons. The molecule has 2 atom stereocenters. The summed E-state index contributed by atoms with van der Waals surface area (Å²) in [4.78, 5) is 0. The SMILES string of the molecule is CC[Si](C)(CCCN)C(C)[Si](C)(C)C. The molecule has 0 aromatic heterocycles. The Morgan fingerprint density at radius 1 is 1.14 bits per heavy atom. The van der Waals surface area contributed by atoms with E-state index in [-0.39, 0.29) is 0 Å². The van der Waals surface area contributed by atoms with E-state index in [1.165, 1.54) is 18.5 Å². The second-order valence-electron chi connectivity index (χ2n) is 5.99. The lowest BCUT2D eigenvalue weighted by molar-refractivity contribution is 0.891. The van der Waals surface area contributed by atoms with Crippen molar-refractivity contribution in [3.05, 3.63) is 0 Å². The van der Waals surface area contributed by atoms with E-state index in [1.54, 1.807) is 0 Å². The lowest BCUT2D eigenvalue weighted by atomic mass is 10.5. The van der Waals surface area contributed by atoms with Gasteiger partial charge in [0.1, 0.15) is 0 Å². The van der Waals surface area contributed by atoms with Crippen molar-refractivity contribution in [2.75, 3.05) is 6.54 Å². The molecule has 0 heterocycles. The Kier molecular flexibility index (Phi) is 5.62. The first-order valence-electron chi connectivity index (χ1n) is 5.98. The Morgan fingerprint density at radius 2 is 1.64 bits per heavy atom. The van der Waals surface area contributed by atoms with Crippen LogP contribution in [0.4, 0.5) is 0 Å². The number of nitrogens with two attached hydrogens (primary N) is 1. The van der Waals surface area contributed by atoms with Gasteiger partial charge < -0.3 is 5.73 Å². The zero-order valence-electron chi connectivity index (χ0n) is 11.0. The Balaban J connectivity index is 4.50. The molecule has 0 aliphatic rings. The number of hydrogen-bond acceptors (Lipinski definition) is 1. The van der Waals surface area contributed by atoms with Gasteiger partial charge in [0.05, 0.1) is 8.07 Å². The molecule has 0 saturated heterocycles. The summed E-state index contributed by atoms with van der Waals surface area (Å²) in [5.41, 5.74) is 5.63. The fourth-order valence-corrected chi connectivity index (χ4v) is 14.1. The Bertz CT molecular complexity index is 165. The molecule has 0 aromatic rings. The van der Waals surface area contributed by atoms with Gasteiger partial charge in [0, 0.05) is 8.07 Å². The van der Waals surface area contributed by atoms with Crippen LogP contribution in [0.3, 0.4) is 0 Å². The van der Waals surface area contributed by atoms with E-state index in [1.807, 2.05) is 0 Å². The highest BCUT2D eigenvalue weighted by molar-refractivity contribution is 6.97. The molecule has 0 rings (SSSR count). The molecule has 3 heteroatoms. The zero-order valence-corrected chi connectivity index (χ0v) is 13.0. The first-order chi connectivity index (χ1) is 6.28. The van der Waals surface area contributed by atoms with Gasteiger partial charge in [0.25, 0.3) is 0 Å². The molecule has 1 nitrogen and oxygen atoms in total. The highest BCUT2D eigenvalue weighted by Crippen LogP contribution is 2.37. The maximum Gasteiger partial charge on any atom is 0.0504 e. The smallest absolute Gasteiger partial charge is 0.0504 e. The molecule has 0 spiro atoms. The van der Waals surface area contributed by atoms with Crippen LogP contribution >= 0.6 is 0 Å². The first-order valence-corrected chi connectivity index (χ1v) is 12.5. The van der Waals surface area contributed by atoms with Crippen LogP contribution in [0.1, 0.15) is 20.3 Å². The van der Waals surface area contributed by atoms with Gasteiger partial charge in [-0.25, -0.2) is 0 Å². The minimum Gasteiger partial charge on any atom is -0.330 e. The molecule has 0 aromatic carbocycles. The van der Waals surface area contributed by atoms with Crippen molar-refractivity contribution in [1.82, 2.24) is 0 Å². The molecule has 0 aliphatic carbocycles. The van der Waals surface area contributed by atoms with E-state index < -0.39 is 16.1 Å². The third-order valence-corrected chi connectivity index (χ3v) is 16.6. The number of hydrogen-bond donors (Lipinski definition) is 1. The predicted molar refractivity (Wildman–Crippen MR) is 73.3 cm³/mol. The maximum atomic E-state index is 5.63. The molecule has 2 N–H and O–H groups in total. The summed E-state index contributed by atoms with van der Waals surface area (Å²) >= 11 is 0. The average molecular weight is 232 g/mol. The summed E-state index contributed by atoms with van der Waals surface area (Å²) < 4.78 is 0. The van der Waals surface area contributed by atoms with Crippen LogP contribution in [-0.4, -0.2) is 22.7 Å². The number of rotatable bonds is 6. The molecular weight excluding hydrogens is 202 g/mol. The standard InChI is InChI=1S/C11H29NSi2/c1-7-14(6,10-8-9-12)11(2)13(3,4)5/h11H,7-10,12H2,1-6H3. The van der Waals surface area contributed by atoms with E-state index >= 15 is 0 Å². The third kappa shape index (κ3) is 3.87. The molecule has 2 unspecified atom stereocenters. The minimum absolute atomic E-state index is 0.876. The Morgan fingerprint density at radius 3 is 1.93 bits per heavy atom. The molecular formula is C11H29NSi2. The van der Waals surface area contributed by atoms with Crippen molar-refractivity contribution in [2.24, 2.45) is 5.73 Å². The topological polar surface area (TPSA) is 26.0 Å². The van der Waals surface area contributed by atoms with Crippen LogP contribution in [0.5, 0.6) is 0 Å². The Hall–Kier alpha value is 0.394. The quantitative estimate of drug-likeness (QED) is 0.693. The summed E-state index contributed by atoms with van der Waals surface area (Å²) in [5, 5.41) is 1.02. The van der Waals surface area contributed by atoms with Gasteiger partial charge in [0.2, 0.25) is 0 Å². The molecule has 0 saturated carbocycles. The van der Waals surface area contributed by atoms with Gasteiger partial charge in [-0.1, -0.05) is 57.3 Å². The van der Waals surface area contributed by atoms with Crippen LogP contribution in [0.2, 0.25) is 43.4 Å². The van der Waals surface area contributed by atoms with Crippen LogP contribution in [-0.2, 0) is 0 Å². The van der Waals surface area contributed by atoms with E-state index in [9.17, 15) is 0 Å². The summed E-state index contributed by atoms with van der Waals surface area (Å²) in [6, 6.07) is 2.86. The van der Waals surface area contributed by atoms with Crippen molar-refractivity contribution < 1.29 is 0 Å². The first kappa shape index (κ1) is 14.4. The lowest BCUT2D eigenvalue weighted by Crippen LogP contribution is -2.46. The highest BCUT2D eigenvalue weighted by atomic mass is 28.4. The lowest BCUT2D eigenvalue weighted by Gasteiger charge is -2.40. The third-order valence-electron chi connectivity index (χ3n) is 4.10. The second-order valence-corrected chi connectivity index (χ2v) is 17.5. The molecule has 0 amide bonds. The van der Waals surface area contributed by atoms with Crippen molar-refractivity contribution in [1.29, 1.82) is 0 Å². The zero-order chi connectivity index (χ0) is 11.4. The Labute approximate surface area is 92.5 Å². The van der Waals surface area contributed by atoms with Gasteiger partial charge in [0.15, 0.2) is 0 Å². The largest absolute Gasteiger partial charge is 0.330 e. The maximum absolute atomic E-state index is 5.63. The van der Waals surface area contributed by atoms with Crippen molar-refractivity contribution in [3.63, 3.8) is 0 Å². The van der Waals surface area contributed by atoms with Gasteiger partial charge >= 0.3 is 0 Å². The monoisotopic (exact) mass is 231 g/mol. The molecule has 0 fully saturated rings. The second kappa shape index (κ2) is 5.47. The summed E-state index contributed by atoms with van der Waals surface area (Å²) in [5.74, 6) is 0. The summed E-state index contributed by atoms with van der Waals surface area (Å²) in [7, 11) is -1.95. The molecule has 14 heavy (non-hydrogen) atoms. The van der Waals surface area contributed by atoms with E-state index in [4.69, 9.17) is 5.73 Å². The fourth-order valence-electron chi connectivity index (χ4n) is 2.25. The highest BCUT2D eigenvalue weighted by Gasteiger charge is 2.38. The van der Waals surface area contributed by atoms with Crippen molar-refractivity contribution >= 4 is 16.1 Å². The van der Waals surface area contributed by atoms with Gasteiger partial charge in [-0.2, -0.15) is 0 Å². The summed E-state index contributed by atoms with van der Waals surface area (Å²) in [6.45, 7) is 15.9. The normalized spacial score (nSPS) is 19.1. The summed E-state index contributed by atoms with van der Waals surface area (Å²) in [6.07, 6.45) is 1.24. The van der Waals surface area contributed by atoms with E-state index in [2.05, 4.69) is 40.0 Å². The van der Waals surface area contributed by atoms with Crippen LogP contribution in [0.15, 0.2) is 0 Å². The van der Waals surface area contributed by atoms with Crippen LogP contribution < -0.4 is 5.73 Å². The minimum atomic E-state index is -1.00. The van der Waals surface area contributed by atoms with Crippen molar-refractivity contribution in [2.45, 2.75) is 63.7 Å². The van der Waals surface area contributed by atoms with Crippen LogP contribution in [0.25, 0.3) is 0 Å². The van der Waals surface area contributed by atoms with E-state index in [0.717, 1.165) is 11.7 Å². The fraction of sp³-hybridized carbons (Fsp3) is 1.00. The predicted octanol–water partition coefficient (Wildman–Crippen LogP) is 3.70. The van der Waals surface area contributed by atoms with Crippen molar-refractivity contribution in [3.8, 4) is 0 Å². The van der Waals surface area contributed by atoms with E-state index in [0.29, 0.717) is 0 Å². The molecule has 0 radical (unpaired) electrons. The van der Waals surface area contributed by atoms with Gasteiger partial charge in [-0.3, -0.25) is 0 Å². The molecule has 0 bridgehead atoms. The van der Waals surface area contributed by atoms with Gasteiger partial charge in [-0.15, -0.1) is 0 Å². The van der Waals surface area contributed by atoms with Gasteiger partial charge in [-0.05, 0) is 13.0 Å². The average Bonchev–Trinajstić information content (AvgIpc) is 2.11. The van der Waals surface area contributed by atoms with Crippen LogP contribution in [0, 0.1) is 0 Å². The molecule has 0 aliphatic heterocycles.